The summed E-state index contributed by atoms with van der Waals surface area (Å²) in [5.41, 5.74) is 9.51. The van der Waals surface area contributed by atoms with Crippen molar-refractivity contribution in [3.63, 3.8) is 0 Å². The van der Waals surface area contributed by atoms with Gasteiger partial charge in [0.1, 0.15) is 0 Å². The highest BCUT2D eigenvalue weighted by Crippen LogP contribution is 2.27. The Morgan fingerprint density at radius 3 is 2.48 bits per heavy atom. The van der Waals surface area contributed by atoms with Gasteiger partial charge in [-0.05, 0) is 35.3 Å². The predicted octanol–water partition coefficient (Wildman–Crippen LogP) is 3.51. The maximum absolute atomic E-state index is 11.6. The molecule has 2 rings (SSSR count). The minimum atomic E-state index is -0.509. The smallest absolute Gasteiger partial charge is 0.333 e. The summed E-state index contributed by atoms with van der Waals surface area (Å²) in [6, 6.07) is 15.7. The first-order valence-corrected chi connectivity index (χ1v) is 7.96. The van der Waals surface area contributed by atoms with E-state index in [9.17, 15) is 9.59 Å². The molecular weight excluding hydrogens is 314 g/mol. The van der Waals surface area contributed by atoms with E-state index >= 15 is 0 Å². The zero-order chi connectivity index (χ0) is 18.2. The van der Waals surface area contributed by atoms with Crippen LogP contribution in [0.1, 0.15) is 18.1 Å². The van der Waals surface area contributed by atoms with Crippen molar-refractivity contribution >= 4 is 18.0 Å². The van der Waals surface area contributed by atoms with Gasteiger partial charge in [-0.15, -0.1) is 0 Å². The maximum atomic E-state index is 11.6. The summed E-state index contributed by atoms with van der Waals surface area (Å²) in [6.07, 6.45) is 3.53. The molecule has 128 valence electrons. The van der Waals surface area contributed by atoms with E-state index in [1.54, 1.807) is 13.0 Å². The van der Waals surface area contributed by atoms with Crippen molar-refractivity contribution in [3.05, 3.63) is 77.9 Å². The first-order valence-electron chi connectivity index (χ1n) is 7.96. The zero-order valence-corrected chi connectivity index (χ0v) is 14.2. The summed E-state index contributed by atoms with van der Waals surface area (Å²) in [7, 11) is 0. The van der Waals surface area contributed by atoms with Crippen LogP contribution in [0.2, 0.25) is 0 Å². The lowest BCUT2D eigenvalue weighted by molar-refractivity contribution is -0.138. The van der Waals surface area contributed by atoms with Gasteiger partial charge in [0.2, 0.25) is 5.91 Å². The molecule has 0 heterocycles. The van der Waals surface area contributed by atoms with E-state index in [1.165, 1.54) is 6.08 Å². The van der Waals surface area contributed by atoms with Crippen LogP contribution >= 0.6 is 0 Å². The van der Waals surface area contributed by atoms with Gasteiger partial charge in [-0.3, -0.25) is 4.79 Å². The SMILES string of the molecule is C=C(C)C(=O)OCCc1c(/C=C/C(N)=O)cccc1-c1ccccc1. The molecular formula is C21H21NO3. The van der Waals surface area contributed by atoms with Crippen LogP contribution in [0.25, 0.3) is 17.2 Å². The Hall–Kier alpha value is -3.14. The Labute approximate surface area is 147 Å². The summed E-state index contributed by atoms with van der Waals surface area (Å²) in [5.74, 6) is -0.920. The number of carbonyl (C=O) groups excluding carboxylic acids is 2. The standard InChI is InChI=1S/C21H21NO3/c1-15(2)21(24)25-14-13-19-17(11-12-20(22)23)9-6-10-18(19)16-7-4-3-5-8-16/h3-12H,1,13-14H2,2H3,(H2,22,23)/b12-11+. The van der Waals surface area contributed by atoms with Gasteiger partial charge >= 0.3 is 5.97 Å². The molecule has 0 fully saturated rings. The molecule has 0 bridgehead atoms. The number of rotatable bonds is 7. The van der Waals surface area contributed by atoms with Crippen molar-refractivity contribution in [1.29, 1.82) is 0 Å². The molecule has 4 nitrogen and oxygen atoms in total. The molecule has 0 radical (unpaired) electrons. The molecule has 0 aliphatic carbocycles. The Bertz CT molecular complexity index is 807. The molecule has 1 amide bonds. The van der Waals surface area contributed by atoms with E-state index in [0.717, 1.165) is 22.3 Å². The summed E-state index contributed by atoms with van der Waals surface area (Å²) in [4.78, 5) is 22.7. The van der Waals surface area contributed by atoms with Gasteiger partial charge in [-0.2, -0.15) is 0 Å². The highest BCUT2D eigenvalue weighted by molar-refractivity contribution is 5.91. The second kappa shape index (κ2) is 8.64. The van der Waals surface area contributed by atoms with Gasteiger partial charge < -0.3 is 10.5 Å². The third-order valence-corrected chi connectivity index (χ3v) is 3.66. The maximum Gasteiger partial charge on any atom is 0.333 e. The van der Waals surface area contributed by atoms with Crippen LogP contribution in [0.15, 0.2) is 66.8 Å². The number of ether oxygens (including phenoxy) is 1. The van der Waals surface area contributed by atoms with Gasteiger partial charge in [-0.1, -0.05) is 55.1 Å². The molecule has 2 aromatic carbocycles. The van der Waals surface area contributed by atoms with Gasteiger partial charge in [0.15, 0.2) is 0 Å². The van der Waals surface area contributed by atoms with Crippen LogP contribution in [0, 0.1) is 0 Å². The minimum absolute atomic E-state index is 0.229. The second-order valence-corrected chi connectivity index (χ2v) is 5.64. The molecule has 0 aromatic heterocycles. The number of carbonyl (C=O) groups is 2. The molecule has 2 N–H and O–H groups in total. The topological polar surface area (TPSA) is 69.4 Å². The molecule has 0 spiro atoms. The lowest BCUT2D eigenvalue weighted by atomic mass is 9.93. The fourth-order valence-electron chi connectivity index (χ4n) is 2.47. The predicted molar refractivity (Wildman–Crippen MR) is 99.6 cm³/mol. The average Bonchev–Trinajstić information content (AvgIpc) is 2.61. The highest BCUT2D eigenvalue weighted by atomic mass is 16.5. The molecule has 25 heavy (non-hydrogen) atoms. The van der Waals surface area contributed by atoms with Gasteiger partial charge in [0, 0.05) is 18.1 Å². The number of amides is 1. The fourth-order valence-corrected chi connectivity index (χ4v) is 2.47. The number of benzene rings is 2. The van der Waals surface area contributed by atoms with Crippen LogP contribution in [0.5, 0.6) is 0 Å². The lowest BCUT2D eigenvalue weighted by Crippen LogP contribution is -2.09. The van der Waals surface area contributed by atoms with Gasteiger partial charge in [0.05, 0.1) is 6.61 Å². The van der Waals surface area contributed by atoms with E-state index in [4.69, 9.17) is 10.5 Å². The van der Waals surface area contributed by atoms with E-state index < -0.39 is 11.9 Å². The van der Waals surface area contributed by atoms with Crippen molar-refractivity contribution in [1.82, 2.24) is 0 Å². The van der Waals surface area contributed by atoms with Gasteiger partial charge in [-0.25, -0.2) is 4.79 Å². The largest absolute Gasteiger partial charge is 0.462 e. The number of hydrogen-bond donors (Lipinski definition) is 1. The third-order valence-electron chi connectivity index (χ3n) is 3.66. The Morgan fingerprint density at radius 1 is 1.12 bits per heavy atom. The second-order valence-electron chi connectivity index (χ2n) is 5.64. The fraction of sp³-hybridized carbons (Fsp3) is 0.143. The summed E-state index contributed by atoms with van der Waals surface area (Å²) in [6.45, 7) is 5.42. The molecule has 2 aromatic rings. The number of nitrogens with two attached hydrogens (primary N) is 1. The number of hydrogen-bond acceptors (Lipinski definition) is 3. The van der Waals surface area contributed by atoms with Crippen LogP contribution in [0.4, 0.5) is 0 Å². The normalized spacial score (nSPS) is 10.6. The van der Waals surface area contributed by atoms with Crippen molar-refractivity contribution in [2.24, 2.45) is 5.73 Å². The molecule has 0 unspecified atom stereocenters. The molecule has 0 aliphatic rings. The van der Waals surface area contributed by atoms with Crippen molar-refractivity contribution < 1.29 is 14.3 Å². The van der Waals surface area contributed by atoms with E-state index in [0.29, 0.717) is 12.0 Å². The molecule has 4 heteroatoms. The molecule has 0 atom stereocenters. The Balaban J connectivity index is 2.35. The zero-order valence-electron chi connectivity index (χ0n) is 14.2. The number of primary amides is 1. The number of esters is 1. The van der Waals surface area contributed by atoms with Crippen molar-refractivity contribution in [2.75, 3.05) is 6.61 Å². The molecule has 0 saturated heterocycles. The first kappa shape index (κ1) is 18.2. The van der Waals surface area contributed by atoms with Crippen LogP contribution in [-0.4, -0.2) is 18.5 Å². The van der Waals surface area contributed by atoms with Crippen molar-refractivity contribution in [3.8, 4) is 11.1 Å². The average molecular weight is 335 g/mol. The Morgan fingerprint density at radius 2 is 1.84 bits per heavy atom. The van der Waals surface area contributed by atoms with E-state index in [2.05, 4.69) is 6.58 Å². The molecule has 0 aliphatic heterocycles. The minimum Gasteiger partial charge on any atom is -0.462 e. The van der Waals surface area contributed by atoms with Gasteiger partial charge in [0.25, 0.3) is 0 Å². The molecule has 0 saturated carbocycles. The summed E-state index contributed by atoms with van der Waals surface area (Å²) >= 11 is 0. The third kappa shape index (κ3) is 5.18. The van der Waals surface area contributed by atoms with E-state index in [1.807, 2.05) is 48.5 Å². The van der Waals surface area contributed by atoms with E-state index in [-0.39, 0.29) is 6.61 Å². The summed E-state index contributed by atoms with van der Waals surface area (Å²) < 4.78 is 5.22. The summed E-state index contributed by atoms with van der Waals surface area (Å²) in [5, 5.41) is 0. The van der Waals surface area contributed by atoms with Crippen LogP contribution in [-0.2, 0) is 20.7 Å². The first-order chi connectivity index (χ1) is 12.0. The highest BCUT2D eigenvalue weighted by Gasteiger charge is 2.10. The van der Waals surface area contributed by atoms with Crippen molar-refractivity contribution in [2.45, 2.75) is 13.3 Å². The quantitative estimate of drug-likeness (QED) is 0.622. The lowest BCUT2D eigenvalue weighted by Gasteiger charge is -2.14. The monoisotopic (exact) mass is 335 g/mol. The Kier molecular flexibility index (Phi) is 6.29. The van der Waals surface area contributed by atoms with Crippen LogP contribution < -0.4 is 5.73 Å². The van der Waals surface area contributed by atoms with Crippen LogP contribution in [0.3, 0.4) is 0 Å².